The maximum absolute atomic E-state index is 11.0. The highest BCUT2D eigenvalue weighted by molar-refractivity contribution is 9.10. The molecule has 3 heterocycles. The number of halogens is 1. The summed E-state index contributed by atoms with van der Waals surface area (Å²) >= 11 is 5.11. The second-order valence-electron chi connectivity index (χ2n) is 7.82. The number of hydrogen-bond donors (Lipinski definition) is 1. The van der Waals surface area contributed by atoms with Gasteiger partial charge in [0.2, 0.25) is 10.8 Å². The Morgan fingerprint density at radius 3 is 2.50 bits per heavy atom. The molecule has 9 heteroatoms. The molecule has 0 radical (unpaired) electrons. The Hall–Kier alpha value is -2.62. The summed E-state index contributed by atoms with van der Waals surface area (Å²) in [6.07, 6.45) is 0. The molecule has 2 aromatic heterocycles. The number of fused-ring (bicyclic) bond motifs is 1. The fourth-order valence-electron chi connectivity index (χ4n) is 4.26. The summed E-state index contributed by atoms with van der Waals surface area (Å²) in [5.74, 6) is 1.70. The number of benzene rings is 2. The zero-order chi connectivity index (χ0) is 22.2. The number of ether oxygens (including phenoxy) is 1. The second-order valence-corrected chi connectivity index (χ2v) is 9.75. The number of aryl methyl sites for hydroxylation is 1. The summed E-state index contributed by atoms with van der Waals surface area (Å²) in [6, 6.07) is 16.4. The molecule has 0 bridgehead atoms. The van der Waals surface area contributed by atoms with Gasteiger partial charge in [-0.05, 0) is 48.9 Å². The summed E-state index contributed by atoms with van der Waals surface area (Å²) in [4.78, 5) is 10.9. The van der Waals surface area contributed by atoms with Gasteiger partial charge < -0.3 is 14.7 Å². The molecule has 1 atom stereocenters. The van der Waals surface area contributed by atoms with Gasteiger partial charge in [0.1, 0.15) is 11.6 Å². The minimum Gasteiger partial charge on any atom is -0.497 e. The van der Waals surface area contributed by atoms with Gasteiger partial charge in [-0.15, -0.1) is 5.10 Å². The van der Waals surface area contributed by atoms with Gasteiger partial charge in [0, 0.05) is 36.3 Å². The first kappa shape index (κ1) is 21.2. The lowest BCUT2D eigenvalue weighted by atomic mass is 10.0. The molecule has 0 spiro atoms. The largest absolute Gasteiger partial charge is 0.497 e. The van der Waals surface area contributed by atoms with E-state index in [4.69, 9.17) is 4.74 Å². The quantitative estimate of drug-likeness (QED) is 0.424. The van der Waals surface area contributed by atoms with Gasteiger partial charge >= 0.3 is 0 Å². The van der Waals surface area contributed by atoms with Gasteiger partial charge in [0.15, 0.2) is 0 Å². The van der Waals surface area contributed by atoms with Gasteiger partial charge in [0.05, 0.1) is 18.0 Å². The van der Waals surface area contributed by atoms with Crippen LogP contribution in [0.3, 0.4) is 0 Å². The third-order valence-corrected chi connectivity index (χ3v) is 7.40. The van der Waals surface area contributed by atoms with E-state index < -0.39 is 0 Å². The molecule has 0 unspecified atom stereocenters. The van der Waals surface area contributed by atoms with Crippen LogP contribution >= 0.6 is 27.3 Å². The fourth-order valence-corrected chi connectivity index (χ4v) is 5.84. The Balaban J connectivity index is 1.44. The minimum absolute atomic E-state index is 0.0701. The van der Waals surface area contributed by atoms with E-state index in [9.17, 15) is 5.11 Å². The van der Waals surface area contributed by atoms with Crippen LogP contribution in [0.15, 0.2) is 53.0 Å². The Kier molecular flexibility index (Phi) is 5.79. The topological polar surface area (TPSA) is 66.1 Å². The van der Waals surface area contributed by atoms with Crippen LogP contribution in [-0.2, 0) is 0 Å². The average Bonchev–Trinajstić information content (AvgIpc) is 3.31. The van der Waals surface area contributed by atoms with Crippen molar-refractivity contribution in [1.29, 1.82) is 0 Å². The number of aromatic hydroxyl groups is 1. The smallest absolute Gasteiger partial charge is 0.230 e. The molecule has 1 aliphatic rings. The molecular formula is C23H24BrN5O2S. The summed E-state index contributed by atoms with van der Waals surface area (Å²) in [7, 11) is 1.68. The lowest BCUT2D eigenvalue weighted by Gasteiger charge is -2.40. The van der Waals surface area contributed by atoms with Gasteiger partial charge in [-0.25, -0.2) is 4.98 Å². The van der Waals surface area contributed by atoms with E-state index >= 15 is 0 Å². The summed E-state index contributed by atoms with van der Waals surface area (Å²) in [5.41, 5.74) is 2.33. The predicted octanol–water partition coefficient (Wildman–Crippen LogP) is 4.49. The van der Waals surface area contributed by atoms with Gasteiger partial charge in [-0.3, -0.25) is 4.90 Å². The molecular weight excluding hydrogens is 490 g/mol. The number of methoxy groups -OCH3 is 1. The summed E-state index contributed by atoms with van der Waals surface area (Å²) in [5, 5.41) is 15.4. The lowest BCUT2D eigenvalue weighted by molar-refractivity contribution is 0.211. The van der Waals surface area contributed by atoms with Crippen LogP contribution in [0.1, 0.15) is 22.3 Å². The van der Waals surface area contributed by atoms with Crippen LogP contribution < -0.4 is 9.64 Å². The average molecular weight is 514 g/mol. The molecule has 4 aromatic rings. The number of hydrogen-bond acceptors (Lipinski definition) is 7. The molecule has 5 rings (SSSR count). The number of rotatable bonds is 5. The summed E-state index contributed by atoms with van der Waals surface area (Å²) in [6.45, 7) is 5.38. The van der Waals surface area contributed by atoms with E-state index in [1.165, 1.54) is 17.0 Å². The highest BCUT2D eigenvalue weighted by atomic mass is 79.9. The first-order valence-electron chi connectivity index (χ1n) is 10.5. The molecule has 1 fully saturated rings. The van der Waals surface area contributed by atoms with Crippen molar-refractivity contribution in [3.05, 3.63) is 69.3 Å². The number of piperazine rings is 1. The molecule has 0 saturated carbocycles. The molecule has 0 amide bonds. The van der Waals surface area contributed by atoms with Crippen LogP contribution in [0.25, 0.3) is 4.96 Å². The van der Waals surface area contributed by atoms with E-state index in [-0.39, 0.29) is 11.9 Å². The standard InChI is InChI=1S/C23H24BrN5O2S/c1-15-25-23-29(26-15)22(30)21(32-23)20(16-4-3-5-17(24)14-16)28-12-10-27(11-13-28)18-6-8-19(31-2)9-7-18/h3-9,14,20,30H,10-13H2,1-2H3/t20-/m1/s1. The maximum Gasteiger partial charge on any atom is 0.230 e. The van der Waals surface area contributed by atoms with E-state index in [1.54, 1.807) is 11.6 Å². The lowest BCUT2D eigenvalue weighted by Crippen LogP contribution is -2.47. The third kappa shape index (κ3) is 3.96. The van der Waals surface area contributed by atoms with Crippen molar-refractivity contribution in [3.8, 4) is 11.6 Å². The van der Waals surface area contributed by atoms with Crippen LogP contribution in [0, 0.1) is 6.92 Å². The van der Waals surface area contributed by atoms with Gasteiger partial charge in [-0.2, -0.15) is 4.52 Å². The van der Waals surface area contributed by atoms with Crippen LogP contribution in [0.2, 0.25) is 0 Å². The highest BCUT2D eigenvalue weighted by Gasteiger charge is 2.31. The SMILES string of the molecule is COc1ccc(N2CCN([C@H](c3cccc(Br)c3)c3sc4nc(C)nn4c3O)CC2)cc1. The molecule has 2 aromatic carbocycles. The Morgan fingerprint density at radius 1 is 1.09 bits per heavy atom. The predicted molar refractivity (Wildman–Crippen MR) is 130 cm³/mol. The van der Waals surface area contributed by atoms with E-state index in [0.717, 1.165) is 46.8 Å². The number of nitrogens with zero attached hydrogens (tertiary/aromatic N) is 5. The summed E-state index contributed by atoms with van der Waals surface area (Å²) < 4.78 is 7.85. The van der Waals surface area contributed by atoms with E-state index in [2.05, 4.69) is 60.1 Å². The highest BCUT2D eigenvalue weighted by Crippen LogP contribution is 2.41. The minimum atomic E-state index is -0.0701. The molecule has 1 saturated heterocycles. The Morgan fingerprint density at radius 2 is 1.84 bits per heavy atom. The van der Waals surface area contributed by atoms with Crippen LogP contribution in [0.4, 0.5) is 5.69 Å². The fraction of sp³-hybridized carbons (Fsp3) is 0.304. The van der Waals surface area contributed by atoms with Gasteiger partial charge in [0.25, 0.3) is 0 Å². The molecule has 1 aliphatic heterocycles. The van der Waals surface area contributed by atoms with E-state index in [1.807, 2.05) is 31.2 Å². The van der Waals surface area contributed by atoms with Crippen molar-refractivity contribution in [2.75, 3.05) is 38.2 Å². The number of thiazole rings is 1. The number of aromatic nitrogens is 3. The molecule has 7 nitrogen and oxygen atoms in total. The first-order valence-corrected chi connectivity index (χ1v) is 12.1. The molecule has 1 N–H and O–H groups in total. The monoisotopic (exact) mass is 513 g/mol. The molecule has 0 aliphatic carbocycles. The Bertz CT molecular complexity index is 1230. The normalized spacial score (nSPS) is 15.9. The zero-order valence-electron chi connectivity index (χ0n) is 17.9. The Labute approximate surface area is 199 Å². The van der Waals surface area contributed by atoms with Gasteiger partial charge in [-0.1, -0.05) is 39.4 Å². The van der Waals surface area contributed by atoms with Crippen molar-refractivity contribution < 1.29 is 9.84 Å². The van der Waals surface area contributed by atoms with Crippen molar-refractivity contribution in [2.45, 2.75) is 13.0 Å². The van der Waals surface area contributed by atoms with Crippen LogP contribution in [0.5, 0.6) is 11.6 Å². The van der Waals surface area contributed by atoms with Crippen molar-refractivity contribution >= 4 is 37.9 Å². The second kappa shape index (κ2) is 8.73. The first-order chi connectivity index (χ1) is 15.5. The zero-order valence-corrected chi connectivity index (χ0v) is 20.3. The molecule has 166 valence electrons. The van der Waals surface area contributed by atoms with Crippen molar-refractivity contribution in [3.63, 3.8) is 0 Å². The van der Waals surface area contributed by atoms with E-state index in [0.29, 0.717) is 10.8 Å². The third-order valence-electron chi connectivity index (χ3n) is 5.84. The molecule has 32 heavy (non-hydrogen) atoms. The maximum atomic E-state index is 11.0. The van der Waals surface area contributed by atoms with Crippen LogP contribution in [-0.4, -0.2) is 57.9 Å². The van der Waals surface area contributed by atoms with Crippen molar-refractivity contribution in [2.24, 2.45) is 0 Å². The van der Waals surface area contributed by atoms with Crippen molar-refractivity contribution in [1.82, 2.24) is 19.5 Å². The number of anilines is 1.